The maximum Gasteiger partial charge on any atom is 0.275 e. The topological polar surface area (TPSA) is 134 Å². The van der Waals surface area contributed by atoms with Crippen LogP contribution in [0.1, 0.15) is 48.3 Å². The Labute approximate surface area is 261 Å². The van der Waals surface area contributed by atoms with Gasteiger partial charge < -0.3 is 20.6 Å². The zero-order chi connectivity index (χ0) is 31.9. The van der Waals surface area contributed by atoms with Crippen molar-refractivity contribution in [1.29, 1.82) is 0 Å². The van der Waals surface area contributed by atoms with Crippen molar-refractivity contribution < 1.29 is 23.1 Å². The lowest BCUT2D eigenvalue weighted by Crippen LogP contribution is -2.45. The third-order valence-electron chi connectivity index (χ3n) is 7.88. The summed E-state index contributed by atoms with van der Waals surface area (Å²) >= 11 is 5.81. The van der Waals surface area contributed by atoms with E-state index in [1.807, 2.05) is 0 Å². The van der Waals surface area contributed by atoms with E-state index in [0.717, 1.165) is 43.2 Å². The Hall–Kier alpha value is -4.14. The molecule has 1 aliphatic heterocycles. The molecular formula is C30H31ClF3N9O2. The number of amides is 1. The molecule has 4 aromatic rings. The Morgan fingerprint density at radius 1 is 1.18 bits per heavy atom. The minimum absolute atomic E-state index is 0.211. The summed E-state index contributed by atoms with van der Waals surface area (Å²) in [7, 11) is 0. The minimum atomic E-state index is -2.99. The van der Waals surface area contributed by atoms with Gasteiger partial charge in [-0.25, -0.2) is 28.1 Å². The molecule has 0 unspecified atom stereocenters. The summed E-state index contributed by atoms with van der Waals surface area (Å²) in [5.41, 5.74) is -1.21. The maximum atomic E-state index is 14.7. The monoisotopic (exact) mass is 641 g/mol. The number of carbonyl (C=O) groups excluding carboxylic acids is 1. The molecule has 1 saturated carbocycles. The summed E-state index contributed by atoms with van der Waals surface area (Å²) in [6.07, 6.45) is 6.99. The first-order valence-corrected chi connectivity index (χ1v) is 14.8. The average molecular weight is 642 g/mol. The number of carbonyl (C=O) groups is 1. The average Bonchev–Trinajstić information content (AvgIpc) is 3.48. The molecule has 2 fully saturated rings. The van der Waals surface area contributed by atoms with E-state index >= 15 is 0 Å². The van der Waals surface area contributed by atoms with E-state index in [-0.39, 0.29) is 22.5 Å². The molecular weight excluding hydrogens is 611 g/mol. The van der Waals surface area contributed by atoms with Gasteiger partial charge in [0.05, 0.1) is 47.1 Å². The lowest BCUT2D eigenvalue weighted by molar-refractivity contribution is 0.0794. The summed E-state index contributed by atoms with van der Waals surface area (Å²) in [5, 5.41) is 20.0. The molecule has 1 amide bonds. The highest BCUT2D eigenvalue weighted by Gasteiger charge is 2.52. The SMILES string of the molecule is CC(C)(O)CNC[C@@H]1[C@@H]2C[C@@H]2CN1c1ncc(Cn2cc(NC(=O)c3cncc(-c4c(C(F)F)ccc(Cl)c4F)n3)cn2)cn1. The number of hydrogen-bond donors (Lipinski definition) is 3. The number of nitrogens with one attached hydrogen (secondary N) is 2. The predicted octanol–water partition coefficient (Wildman–Crippen LogP) is 4.35. The smallest absolute Gasteiger partial charge is 0.275 e. The van der Waals surface area contributed by atoms with Gasteiger partial charge in [-0.1, -0.05) is 17.7 Å². The number of hydrogen-bond acceptors (Lipinski definition) is 9. The summed E-state index contributed by atoms with van der Waals surface area (Å²) in [6, 6.07) is 2.33. The molecule has 3 atom stereocenters. The first kappa shape index (κ1) is 30.9. The first-order valence-electron chi connectivity index (χ1n) is 14.4. The number of piperidine rings is 1. The van der Waals surface area contributed by atoms with Crippen LogP contribution in [0.5, 0.6) is 0 Å². The van der Waals surface area contributed by atoms with Crippen LogP contribution in [0.15, 0.2) is 49.3 Å². The molecule has 6 rings (SSSR count). The second-order valence-electron chi connectivity index (χ2n) is 12.0. The van der Waals surface area contributed by atoms with Crippen LogP contribution >= 0.6 is 11.6 Å². The number of rotatable bonds is 11. The van der Waals surface area contributed by atoms with Crippen molar-refractivity contribution in [2.75, 3.05) is 29.9 Å². The molecule has 1 aromatic carbocycles. The lowest BCUT2D eigenvalue weighted by atomic mass is 10.0. The van der Waals surface area contributed by atoms with Crippen LogP contribution in [-0.4, -0.2) is 72.0 Å². The number of alkyl halides is 2. The molecule has 236 valence electrons. The summed E-state index contributed by atoms with van der Waals surface area (Å²) in [6.45, 7) is 6.07. The van der Waals surface area contributed by atoms with Gasteiger partial charge in [-0.3, -0.25) is 14.5 Å². The largest absolute Gasteiger partial charge is 0.389 e. The quantitative estimate of drug-likeness (QED) is 0.219. The van der Waals surface area contributed by atoms with E-state index in [1.165, 1.54) is 12.6 Å². The number of halogens is 4. The fourth-order valence-electron chi connectivity index (χ4n) is 5.67. The lowest BCUT2D eigenvalue weighted by Gasteiger charge is -2.29. The van der Waals surface area contributed by atoms with Gasteiger partial charge >= 0.3 is 0 Å². The highest BCUT2D eigenvalue weighted by molar-refractivity contribution is 6.31. The number of anilines is 2. The molecule has 4 heterocycles. The molecule has 45 heavy (non-hydrogen) atoms. The van der Waals surface area contributed by atoms with Crippen molar-refractivity contribution in [1.82, 2.24) is 35.0 Å². The van der Waals surface area contributed by atoms with Gasteiger partial charge in [0.2, 0.25) is 5.95 Å². The van der Waals surface area contributed by atoms with Crippen LogP contribution in [0.25, 0.3) is 11.3 Å². The Balaban J connectivity index is 1.09. The van der Waals surface area contributed by atoms with Crippen LogP contribution in [0.2, 0.25) is 5.02 Å². The predicted molar refractivity (Wildman–Crippen MR) is 161 cm³/mol. The molecule has 1 saturated heterocycles. The van der Waals surface area contributed by atoms with E-state index in [9.17, 15) is 23.1 Å². The van der Waals surface area contributed by atoms with E-state index in [2.05, 4.69) is 40.6 Å². The Kier molecular flexibility index (Phi) is 8.46. The number of benzene rings is 1. The highest BCUT2D eigenvalue weighted by atomic mass is 35.5. The molecule has 11 nitrogen and oxygen atoms in total. The first-order chi connectivity index (χ1) is 21.5. The van der Waals surface area contributed by atoms with E-state index in [1.54, 1.807) is 37.1 Å². The van der Waals surface area contributed by atoms with Crippen molar-refractivity contribution in [3.8, 4) is 11.3 Å². The second-order valence-corrected chi connectivity index (χ2v) is 12.4. The van der Waals surface area contributed by atoms with Crippen molar-refractivity contribution >= 4 is 29.1 Å². The molecule has 0 radical (unpaired) electrons. The highest BCUT2D eigenvalue weighted by Crippen LogP contribution is 2.50. The second kappa shape index (κ2) is 12.3. The zero-order valence-electron chi connectivity index (χ0n) is 24.5. The molecule has 0 bridgehead atoms. The normalized spacial score (nSPS) is 19.2. The fraction of sp³-hybridized carbons (Fsp3) is 0.400. The van der Waals surface area contributed by atoms with Crippen LogP contribution < -0.4 is 15.5 Å². The number of nitrogens with zero attached hydrogens (tertiary/aromatic N) is 7. The Morgan fingerprint density at radius 3 is 2.69 bits per heavy atom. The summed E-state index contributed by atoms with van der Waals surface area (Å²) < 4.78 is 43.4. The van der Waals surface area contributed by atoms with Crippen molar-refractivity contribution in [2.24, 2.45) is 11.8 Å². The third-order valence-corrected chi connectivity index (χ3v) is 8.18. The van der Waals surface area contributed by atoms with Gasteiger partial charge in [-0.2, -0.15) is 5.10 Å². The van der Waals surface area contributed by atoms with Gasteiger partial charge in [0.25, 0.3) is 12.3 Å². The molecule has 2 aliphatic rings. The van der Waals surface area contributed by atoms with Crippen molar-refractivity contribution in [3.05, 3.63) is 77.0 Å². The fourth-order valence-corrected chi connectivity index (χ4v) is 5.82. The molecule has 0 spiro atoms. The van der Waals surface area contributed by atoms with Crippen molar-refractivity contribution in [2.45, 2.75) is 44.9 Å². The van der Waals surface area contributed by atoms with Gasteiger partial charge in [0.15, 0.2) is 5.82 Å². The molecule has 3 N–H and O–H groups in total. The van der Waals surface area contributed by atoms with Crippen LogP contribution in [0.4, 0.5) is 24.8 Å². The zero-order valence-corrected chi connectivity index (χ0v) is 25.2. The van der Waals surface area contributed by atoms with Gasteiger partial charge in [-0.15, -0.1) is 0 Å². The Morgan fingerprint density at radius 2 is 1.96 bits per heavy atom. The van der Waals surface area contributed by atoms with Gasteiger partial charge in [0.1, 0.15) is 5.69 Å². The van der Waals surface area contributed by atoms with Crippen molar-refractivity contribution in [3.63, 3.8) is 0 Å². The maximum absolute atomic E-state index is 14.7. The Bertz CT molecular complexity index is 1700. The standard InChI is InChI=1S/C30H31ClF3N9O2/c1-30(2,45)15-36-11-24-20-5-17(20)13-43(24)29-37-6-16(7-38-29)12-42-14-18(8-39-42)40-28(44)23-10-35-9-22(41-23)25-19(27(33)34)3-4-21(31)26(25)32/h3-4,6-10,14,17,20,24,27,36,45H,5,11-13,15H2,1-2H3,(H,40,44)/t17-,20-,24-/m1/s1. The van der Waals surface area contributed by atoms with Crippen LogP contribution in [-0.2, 0) is 6.54 Å². The minimum Gasteiger partial charge on any atom is -0.389 e. The summed E-state index contributed by atoms with van der Waals surface area (Å²) in [5.74, 6) is 0.169. The summed E-state index contributed by atoms with van der Waals surface area (Å²) in [4.78, 5) is 32.3. The molecule has 3 aromatic heterocycles. The molecule has 15 heteroatoms. The molecule has 1 aliphatic carbocycles. The number of aliphatic hydroxyl groups is 1. The third kappa shape index (κ3) is 6.92. The van der Waals surface area contributed by atoms with Gasteiger partial charge in [-0.05, 0) is 38.2 Å². The van der Waals surface area contributed by atoms with E-state index in [0.29, 0.717) is 36.6 Å². The number of aromatic nitrogens is 6. The number of fused-ring (bicyclic) bond motifs is 1. The van der Waals surface area contributed by atoms with E-state index < -0.39 is 34.9 Å². The van der Waals surface area contributed by atoms with Crippen LogP contribution in [0, 0.1) is 17.7 Å². The van der Waals surface area contributed by atoms with E-state index in [4.69, 9.17) is 11.6 Å². The van der Waals surface area contributed by atoms with Gasteiger partial charge in [0, 0.05) is 61.0 Å². The van der Waals surface area contributed by atoms with Crippen LogP contribution in [0.3, 0.4) is 0 Å².